The van der Waals surface area contributed by atoms with E-state index in [0.717, 1.165) is 23.5 Å². The molecule has 0 aliphatic carbocycles. The molecule has 2 N–H and O–H groups in total. The second kappa shape index (κ2) is 5.33. The third-order valence-corrected chi connectivity index (χ3v) is 3.45. The van der Waals surface area contributed by atoms with Crippen LogP contribution >= 0.6 is 0 Å². The molecule has 4 nitrogen and oxygen atoms in total. The molecule has 0 unspecified atom stereocenters. The van der Waals surface area contributed by atoms with E-state index >= 15 is 0 Å². The highest BCUT2D eigenvalue weighted by Crippen LogP contribution is 2.25. The first-order chi connectivity index (χ1) is 9.70. The number of aromatic nitrogens is 1. The Labute approximate surface area is 118 Å². The minimum atomic E-state index is 0.0991. The lowest BCUT2D eigenvalue weighted by molar-refractivity contribution is -0.116. The van der Waals surface area contributed by atoms with Crippen LogP contribution in [0.4, 0.5) is 11.4 Å². The molecule has 20 heavy (non-hydrogen) atoms. The Bertz CT molecular complexity index is 635. The maximum Gasteiger partial charge on any atom is 0.224 e. The fourth-order valence-electron chi connectivity index (χ4n) is 2.29. The highest BCUT2D eigenvalue weighted by molar-refractivity contribution is 5.94. The van der Waals surface area contributed by atoms with E-state index < -0.39 is 0 Å². The lowest BCUT2D eigenvalue weighted by Crippen LogP contribution is -2.19. The molecule has 0 radical (unpaired) electrons. The molecule has 0 saturated carbocycles. The molecule has 102 valence electrons. The van der Waals surface area contributed by atoms with Crippen molar-refractivity contribution in [2.45, 2.75) is 26.3 Å². The fraction of sp³-hybridized carbons (Fsp3) is 0.250. The molecule has 3 rings (SSSR count). The molecule has 0 saturated heterocycles. The van der Waals surface area contributed by atoms with Crippen LogP contribution in [0.1, 0.15) is 23.2 Å². The SMILES string of the molecule is Cc1ccc(CNc2ccc3c(c2)CCC(=O)N3)nc1. The van der Waals surface area contributed by atoms with Gasteiger partial charge in [0.15, 0.2) is 0 Å². The van der Waals surface area contributed by atoms with Crippen LogP contribution in [-0.4, -0.2) is 10.9 Å². The zero-order valence-electron chi connectivity index (χ0n) is 11.4. The predicted octanol–water partition coefficient (Wildman–Crippen LogP) is 2.89. The van der Waals surface area contributed by atoms with E-state index in [1.54, 1.807) is 0 Å². The van der Waals surface area contributed by atoms with E-state index in [9.17, 15) is 4.79 Å². The molecule has 0 atom stereocenters. The first-order valence-electron chi connectivity index (χ1n) is 6.79. The normalized spacial score (nSPS) is 13.6. The van der Waals surface area contributed by atoms with Gasteiger partial charge in [-0.3, -0.25) is 9.78 Å². The largest absolute Gasteiger partial charge is 0.379 e. The maximum absolute atomic E-state index is 11.3. The molecule has 2 aromatic rings. The number of hydrogen-bond donors (Lipinski definition) is 2. The number of anilines is 2. The highest BCUT2D eigenvalue weighted by atomic mass is 16.1. The molecule has 0 bridgehead atoms. The number of amides is 1. The van der Waals surface area contributed by atoms with E-state index in [0.29, 0.717) is 13.0 Å². The molecule has 0 spiro atoms. The molecule has 4 heteroatoms. The zero-order chi connectivity index (χ0) is 13.9. The minimum Gasteiger partial charge on any atom is -0.379 e. The number of carbonyl (C=O) groups excluding carboxylic acids is 1. The molecule has 1 aliphatic heterocycles. The second-order valence-corrected chi connectivity index (χ2v) is 5.10. The van der Waals surface area contributed by atoms with Crippen molar-refractivity contribution in [3.05, 3.63) is 53.3 Å². The standard InChI is InChI=1S/C16H17N3O/c1-11-2-4-14(17-9-11)10-18-13-5-6-15-12(8-13)3-7-16(20)19-15/h2,4-6,8-9,18H,3,7,10H2,1H3,(H,19,20). The van der Waals surface area contributed by atoms with Gasteiger partial charge in [-0.25, -0.2) is 0 Å². The summed E-state index contributed by atoms with van der Waals surface area (Å²) in [5.41, 5.74) is 5.36. The highest BCUT2D eigenvalue weighted by Gasteiger charge is 2.14. The molecule has 1 amide bonds. The number of benzene rings is 1. The Hall–Kier alpha value is -2.36. The van der Waals surface area contributed by atoms with Crippen molar-refractivity contribution >= 4 is 17.3 Å². The van der Waals surface area contributed by atoms with Crippen LogP contribution in [0.2, 0.25) is 0 Å². The van der Waals surface area contributed by atoms with Gasteiger partial charge in [0.2, 0.25) is 5.91 Å². The van der Waals surface area contributed by atoms with Crippen LogP contribution in [0.5, 0.6) is 0 Å². The van der Waals surface area contributed by atoms with Crippen LogP contribution in [0.25, 0.3) is 0 Å². The molecule has 1 aliphatic rings. The van der Waals surface area contributed by atoms with E-state index in [2.05, 4.69) is 27.8 Å². The van der Waals surface area contributed by atoms with Crippen molar-refractivity contribution in [1.29, 1.82) is 0 Å². The van der Waals surface area contributed by atoms with Crippen molar-refractivity contribution in [3.8, 4) is 0 Å². The summed E-state index contributed by atoms with van der Waals surface area (Å²) in [6.07, 6.45) is 3.24. The number of nitrogens with one attached hydrogen (secondary N) is 2. The average molecular weight is 267 g/mol. The molecule has 1 aromatic carbocycles. The summed E-state index contributed by atoms with van der Waals surface area (Å²) in [6, 6.07) is 10.1. The van der Waals surface area contributed by atoms with Crippen molar-refractivity contribution in [1.82, 2.24) is 4.98 Å². The number of pyridine rings is 1. The van der Waals surface area contributed by atoms with Crippen LogP contribution in [-0.2, 0) is 17.8 Å². The van der Waals surface area contributed by atoms with Crippen LogP contribution < -0.4 is 10.6 Å². The maximum atomic E-state index is 11.3. The van der Waals surface area contributed by atoms with Gasteiger partial charge in [-0.15, -0.1) is 0 Å². The van der Waals surface area contributed by atoms with Gasteiger partial charge in [0.25, 0.3) is 0 Å². The number of aryl methyl sites for hydroxylation is 2. The summed E-state index contributed by atoms with van der Waals surface area (Å²) in [4.78, 5) is 15.7. The van der Waals surface area contributed by atoms with Gasteiger partial charge in [0, 0.05) is 24.0 Å². The van der Waals surface area contributed by atoms with E-state index in [1.807, 2.05) is 31.3 Å². The van der Waals surface area contributed by atoms with Crippen molar-refractivity contribution in [3.63, 3.8) is 0 Å². The summed E-state index contributed by atoms with van der Waals surface area (Å²) in [5, 5.41) is 6.25. The number of rotatable bonds is 3. The summed E-state index contributed by atoms with van der Waals surface area (Å²) >= 11 is 0. The van der Waals surface area contributed by atoms with Gasteiger partial charge in [-0.05, 0) is 48.7 Å². The Morgan fingerprint density at radius 2 is 2.15 bits per heavy atom. The van der Waals surface area contributed by atoms with E-state index in [-0.39, 0.29) is 5.91 Å². The van der Waals surface area contributed by atoms with Gasteiger partial charge in [-0.2, -0.15) is 0 Å². The third kappa shape index (κ3) is 2.79. The smallest absolute Gasteiger partial charge is 0.224 e. The molecule has 0 fully saturated rings. The topological polar surface area (TPSA) is 54.0 Å². The summed E-state index contributed by atoms with van der Waals surface area (Å²) in [5.74, 6) is 0.0991. The molecular formula is C16H17N3O. The van der Waals surface area contributed by atoms with Crippen molar-refractivity contribution < 1.29 is 4.79 Å². The van der Waals surface area contributed by atoms with Gasteiger partial charge < -0.3 is 10.6 Å². The Morgan fingerprint density at radius 3 is 2.95 bits per heavy atom. The Morgan fingerprint density at radius 1 is 1.25 bits per heavy atom. The average Bonchev–Trinajstić information content (AvgIpc) is 2.46. The van der Waals surface area contributed by atoms with Crippen molar-refractivity contribution in [2.75, 3.05) is 10.6 Å². The third-order valence-electron chi connectivity index (χ3n) is 3.45. The fourth-order valence-corrected chi connectivity index (χ4v) is 2.29. The zero-order valence-corrected chi connectivity index (χ0v) is 11.4. The lowest BCUT2D eigenvalue weighted by atomic mass is 10.0. The Balaban J connectivity index is 1.69. The minimum absolute atomic E-state index is 0.0991. The summed E-state index contributed by atoms with van der Waals surface area (Å²) < 4.78 is 0. The van der Waals surface area contributed by atoms with Gasteiger partial charge >= 0.3 is 0 Å². The molecule has 2 heterocycles. The monoisotopic (exact) mass is 267 g/mol. The van der Waals surface area contributed by atoms with E-state index in [4.69, 9.17) is 0 Å². The summed E-state index contributed by atoms with van der Waals surface area (Å²) in [7, 11) is 0. The summed E-state index contributed by atoms with van der Waals surface area (Å²) in [6.45, 7) is 2.73. The van der Waals surface area contributed by atoms with Gasteiger partial charge in [-0.1, -0.05) is 6.07 Å². The number of hydrogen-bond acceptors (Lipinski definition) is 3. The number of fused-ring (bicyclic) bond motifs is 1. The van der Waals surface area contributed by atoms with Crippen LogP contribution in [0.15, 0.2) is 36.5 Å². The quantitative estimate of drug-likeness (QED) is 0.899. The second-order valence-electron chi connectivity index (χ2n) is 5.10. The predicted molar refractivity (Wildman–Crippen MR) is 79.7 cm³/mol. The van der Waals surface area contributed by atoms with Crippen LogP contribution in [0, 0.1) is 6.92 Å². The van der Waals surface area contributed by atoms with Crippen molar-refractivity contribution in [2.24, 2.45) is 0 Å². The molecular weight excluding hydrogens is 250 g/mol. The van der Waals surface area contributed by atoms with Gasteiger partial charge in [0.1, 0.15) is 0 Å². The Kier molecular flexibility index (Phi) is 3.37. The number of nitrogens with zero attached hydrogens (tertiary/aromatic N) is 1. The molecule has 1 aromatic heterocycles. The first kappa shape index (κ1) is 12.7. The van der Waals surface area contributed by atoms with E-state index in [1.165, 1.54) is 11.1 Å². The number of carbonyl (C=O) groups is 1. The first-order valence-corrected chi connectivity index (χ1v) is 6.79. The van der Waals surface area contributed by atoms with Gasteiger partial charge in [0.05, 0.1) is 12.2 Å². The van der Waals surface area contributed by atoms with Crippen LogP contribution in [0.3, 0.4) is 0 Å². The lowest BCUT2D eigenvalue weighted by Gasteiger charge is -2.18.